The highest BCUT2D eigenvalue weighted by atomic mass is 16.5. The number of oxime groups is 1. The minimum absolute atomic E-state index is 0.0113. The van der Waals surface area contributed by atoms with Crippen LogP contribution in [0.1, 0.15) is 37.8 Å². The van der Waals surface area contributed by atoms with Crippen LogP contribution in [0.3, 0.4) is 0 Å². The maximum Gasteiger partial charge on any atom is 0.173 e. The van der Waals surface area contributed by atoms with Crippen LogP contribution in [-0.2, 0) is 6.54 Å². The van der Waals surface area contributed by atoms with E-state index in [4.69, 9.17) is 15.7 Å². The zero-order chi connectivity index (χ0) is 15.9. The van der Waals surface area contributed by atoms with E-state index in [1.807, 2.05) is 26.0 Å². The van der Waals surface area contributed by atoms with E-state index in [1.54, 1.807) is 6.07 Å². The highest BCUT2D eigenvalue weighted by molar-refractivity contribution is 5.99. The molecule has 0 heterocycles. The first-order valence-electron chi connectivity index (χ1n) is 7.01. The lowest BCUT2D eigenvalue weighted by Gasteiger charge is -2.23. The third-order valence-corrected chi connectivity index (χ3v) is 3.27. The van der Waals surface area contributed by atoms with Crippen molar-refractivity contribution in [1.29, 1.82) is 0 Å². The van der Waals surface area contributed by atoms with Crippen LogP contribution < -0.4 is 15.8 Å². The first kappa shape index (κ1) is 17.3. The molecule has 0 fully saturated rings. The number of rotatable bonds is 8. The fourth-order valence-corrected chi connectivity index (χ4v) is 2.21. The molecule has 21 heavy (non-hydrogen) atoms. The van der Waals surface area contributed by atoms with E-state index in [-0.39, 0.29) is 5.84 Å². The molecule has 0 aliphatic carbocycles. The van der Waals surface area contributed by atoms with E-state index in [1.165, 1.54) is 7.11 Å². The molecule has 0 bridgehead atoms. The Balaban J connectivity index is 2.69. The molecule has 118 valence electrons. The molecule has 1 atom stereocenters. The van der Waals surface area contributed by atoms with Gasteiger partial charge in [0.1, 0.15) is 5.75 Å². The Morgan fingerprint density at radius 3 is 2.76 bits per heavy atom. The number of nitrogens with one attached hydrogen (secondary N) is 1. The molecular weight excluding hydrogens is 270 g/mol. The Bertz CT molecular complexity index is 487. The molecule has 5 N–H and O–H groups in total. The first-order valence-corrected chi connectivity index (χ1v) is 7.01. The maximum atomic E-state index is 10.1. The van der Waals surface area contributed by atoms with Crippen molar-refractivity contribution in [1.82, 2.24) is 5.32 Å². The third-order valence-electron chi connectivity index (χ3n) is 3.27. The molecule has 1 rings (SSSR count). The molecular formula is C15H25N3O3. The highest BCUT2D eigenvalue weighted by Crippen LogP contribution is 2.20. The smallest absolute Gasteiger partial charge is 0.173 e. The Kier molecular flexibility index (Phi) is 6.45. The van der Waals surface area contributed by atoms with Gasteiger partial charge in [-0.25, -0.2) is 0 Å². The molecule has 0 aliphatic heterocycles. The van der Waals surface area contributed by atoms with Gasteiger partial charge in [-0.1, -0.05) is 24.6 Å². The maximum absolute atomic E-state index is 10.1. The summed E-state index contributed by atoms with van der Waals surface area (Å²) >= 11 is 0. The summed E-state index contributed by atoms with van der Waals surface area (Å²) in [6.45, 7) is 4.99. The van der Waals surface area contributed by atoms with Gasteiger partial charge in [-0.3, -0.25) is 0 Å². The summed E-state index contributed by atoms with van der Waals surface area (Å²) in [5.74, 6) is 0.558. The summed E-state index contributed by atoms with van der Waals surface area (Å²) in [5.41, 5.74) is 6.42. The monoisotopic (exact) mass is 295 g/mol. The fourth-order valence-electron chi connectivity index (χ4n) is 2.21. The Morgan fingerprint density at radius 2 is 2.19 bits per heavy atom. The Hall–Kier alpha value is -1.79. The zero-order valence-corrected chi connectivity index (χ0v) is 12.9. The van der Waals surface area contributed by atoms with Crippen molar-refractivity contribution in [3.63, 3.8) is 0 Å². The van der Waals surface area contributed by atoms with E-state index < -0.39 is 5.60 Å². The molecule has 1 aromatic carbocycles. The van der Waals surface area contributed by atoms with Gasteiger partial charge in [-0.2, -0.15) is 0 Å². The molecule has 0 amide bonds. The van der Waals surface area contributed by atoms with Gasteiger partial charge in [0, 0.05) is 13.1 Å². The van der Waals surface area contributed by atoms with E-state index in [2.05, 4.69) is 10.5 Å². The minimum atomic E-state index is -0.702. The first-order chi connectivity index (χ1) is 9.93. The summed E-state index contributed by atoms with van der Waals surface area (Å²) in [4.78, 5) is 0. The Labute approximate surface area is 125 Å². The van der Waals surface area contributed by atoms with Crippen molar-refractivity contribution in [2.24, 2.45) is 10.9 Å². The van der Waals surface area contributed by atoms with E-state index in [0.717, 1.165) is 18.4 Å². The van der Waals surface area contributed by atoms with Gasteiger partial charge in [0.15, 0.2) is 5.84 Å². The van der Waals surface area contributed by atoms with Gasteiger partial charge >= 0.3 is 0 Å². The van der Waals surface area contributed by atoms with E-state index >= 15 is 0 Å². The van der Waals surface area contributed by atoms with Crippen LogP contribution in [0.4, 0.5) is 0 Å². The number of nitrogens with two attached hydrogens (primary N) is 1. The number of hydrogen-bond donors (Lipinski definition) is 4. The van der Waals surface area contributed by atoms with Crippen LogP contribution in [0.5, 0.6) is 5.75 Å². The molecule has 0 spiro atoms. The molecule has 0 aromatic heterocycles. The number of benzene rings is 1. The topological polar surface area (TPSA) is 100 Å². The highest BCUT2D eigenvalue weighted by Gasteiger charge is 2.18. The van der Waals surface area contributed by atoms with Gasteiger partial charge in [-0.05, 0) is 31.0 Å². The van der Waals surface area contributed by atoms with Crippen molar-refractivity contribution >= 4 is 5.84 Å². The molecule has 0 saturated heterocycles. The molecule has 6 heteroatoms. The summed E-state index contributed by atoms with van der Waals surface area (Å²) in [6.07, 6.45) is 1.70. The standard InChI is InChI=1S/C15H25N3O3/c1-4-7-15(2,19)10-17-9-11-5-6-12(14(16)18-20)13(8-11)21-3/h5-6,8,17,19-20H,4,7,9-10H2,1-3H3,(H2,16,18). The molecule has 6 nitrogen and oxygen atoms in total. The van der Waals surface area contributed by atoms with Gasteiger partial charge in [-0.15, -0.1) is 0 Å². The lowest BCUT2D eigenvalue weighted by Crippen LogP contribution is -2.37. The van der Waals surface area contributed by atoms with Crippen LogP contribution in [0.2, 0.25) is 0 Å². The Morgan fingerprint density at radius 1 is 1.48 bits per heavy atom. The lowest BCUT2D eigenvalue weighted by atomic mass is 10.0. The van der Waals surface area contributed by atoms with Crippen LogP contribution in [0, 0.1) is 0 Å². The zero-order valence-electron chi connectivity index (χ0n) is 12.9. The van der Waals surface area contributed by atoms with Crippen molar-refractivity contribution in [2.45, 2.75) is 38.8 Å². The van der Waals surface area contributed by atoms with Gasteiger partial charge in [0.2, 0.25) is 0 Å². The van der Waals surface area contributed by atoms with Crippen LogP contribution in [0.25, 0.3) is 0 Å². The SMILES string of the molecule is CCCC(C)(O)CNCc1ccc(/C(N)=N/O)c(OC)c1. The summed E-state index contributed by atoms with van der Waals surface area (Å²) in [6, 6.07) is 5.45. The minimum Gasteiger partial charge on any atom is -0.496 e. The van der Waals surface area contributed by atoms with Gasteiger partial charge < -0.3 is 26.1 Å². The largest absolute Gasteiger partial charge is 0.496 e. The number of amidine groups is 1. The van der Waals surface area contributed by atoms with Crippen LogP contribution in [-0.4, -0.2) is 35.4 Å². The number of aliphatic hydroxyl groups is 1. The molecule has 1 unspecified atom stereocenters. The molecule has 1 aromatic rings. The quantitative estimate of drug-likeness (QED) is 0.252. The van der Waals surface area contributed by atoms with Crippen molar-refractivity contribution < 1.29 is 15.1 Å². The summed E-state index contributed by atoms with van der Waals surface area (Å²) < 4.78 is 5.25. The van der Waals surface area contributed by atoms with Gasteiger partial charge in [0.05, 0.1) is 18.3 Å². The number of nitrogens with zero attached hydrogens (tertiary/aromatic N) is 1. The second-order valence-corrected chi connectivity index (χ2v) is 5.37. The second-order valence-electron chi connectivity index (χ2n) is 5.37. The fraction of sp³-hybridized carbons (Fsp3) is 0.533. The van der Waals surface area contributed by atoms with E-state index in [9.17, 15) is 5.11 Å². The molecule has 0 saturated carbocycles. The second kappa shape index (κ2) is 7.85. The number of methoxy groups -OCH3 is 1. The lowest BCUT2D eigenvalue weighted by molar-refractivity contribution is 0.0498. The predicted octanol–water partition coefficient (Wildman–Crippen LogP) is 1.43. The summed E-state index contributed by atoms with van der Waals surface area (Å²) in [7, 11) is 1.53. The van der Waals surface area contributed by atoms with Crippen LogP contribution >= 0.6 is 0 Å². The van der Waals surface area contributed by atoms with Crippen molar-refractivity contribution in [3.8, 4) is 5.75 Å². The summed E-state index contributed by atoms with van der Waals surface area (Å²) in [5, 5.41) is 25.0. The van der Waals surface area contributed by atoms with Crippen LogP contribution in [0.15, 0.2) is 23.4 Å². The van der Waals surface area contributed by atoms with Gasteiger partial charge in [0.25, 0.3) is 0 Å². The van der Waals surface area contributed by atoms with Crippen molar-refractivity contribution in [2.75, 3.05) is 13.7 Å². The number of hydrogen-bond acceptors (Lipinski definition) is 5. The average molecular weight is 295 g/mol. The molecule has 0 radical (unpaired) electrons. The predicted molar refractivity (Wildman–Crippen MR) is 82.7 cm³/mol. The normalized spacial score (nSPS) is 14.8. The number of ether oxygens (including phenoxy) is 1. The van der Waals surface area contributed by atoms with Crippen molar-refractivity contribution in [3.05, 3.63) is 29.3 Å². The average Bonchev–Trinajstić information content (AvgIpc) is 2.46. The molecule has 0 aliphatic rings. The van der Waals surface area contributed by atoms with E-state index in [0.29, 0.717) is 24.4 Å². The third kappa shape index (κ3) is 5.24.